The van der Waals surface area contributed by atoms with Crippen molar-refractivity contribution in [3.8, 4) is 0 Å². The molecule has 0 amide bonds. The maximum Gasteiger partial charge on any atom is 0.136 e. The van der Waals surface area contributed by atoms with E-state index in [1.807, 2.05) is 11.8 Å². The lowest BCUT2D eigenvalue weighted by Crippen LogP contribution is -2.36. The molecule has 1 aromatic rings. The first kappa shape index (κ1) is 15.4. The molecule has 1 nitrogen and oxygen atoms in total. The van der Waals surface area contributed by atoms with E-state index in [0.717, 1.165) is 28.6 Å². The summed E-state index contributed by atoms with van der Waals surface area (Å²) in [5.74, 6) is 0.727. The molecule has 2 fully saturated rings. The van der Waals surface area contributed by atoms with Crippen LogP contribution in [0.25, 0.3) is 0 Å². The molecule has 3 heteroatoms. The first-order valence-electron chi connectivity index (χ1n) is 8.33. The number of thiocarbonyl (C=S) groups is 1. The molecule has 0 bridgehead atoms. The smallest absolute Gasteiger partial charge is 0.136 e. The highest BCUT2D eigenvalue weighted by Crippen LogP contribution is 2.33. The van der Waals surface area contributed by atoms with E-state index < -0.39 is 0 Å². The summed E-state index contributed by atoms with van der Waals surface area (Å²) in [5.41, 5.74) is 1.50. The van der Waals surface area contributed by atoms with Crippen LogP contribution in [0, 0.1) is 0 Å². The fourth-order valence-corrected chi connectivity index (χ4v) is 5.30. The Balaban J connectivity index is 1.47. The van der Waals surface area contributed by atoms with Crippen LogP contribution in [0.3, 0.4) is 0 Å². The van der Waals surface area contributed by atoms with E-state index in [0.29, 0.717) is 0 Å². The number of piperidine rings is 1. The monoisotopic (exact) mass is 319 g/mol. The van der Waals surface area contributed by atoms with Gasteiger partial charge in [0.1, 0.15) is 4.32 Å². The SMILES string of the molecule is S=C(SC1CCCCC1)N1CCC(c2ccccc2)CC1. The average molecular weight is 320 g/mol. The lowest BCUT2D eigenvalue weighted by atomic mass is 9.90. The molecule has 1 aliphatic carbocycles. The standard InChI is InChI=1S/C18H25NS2/c20-18(21-17-9-5-2-6-10-17)19-13-11-16(12-14-19)15-7-3-1-4-8-15/h1,3-4,7-8,16-17H,2,5-6,9-14H2. The van der Waals surface area contributed by atoms with Crippen LogP contribution in [0.2, 0.25) is 0 Å². The van der Waals surface area contributed by atoms with Gasteiger partial charge < -0.3 is 4.90 Å². The number of benzene rings is 1. The third-order valence-corrected chi connectivity index (χ3v) is 6.66. The van der Waals surface area contributed by atoms with Gasteiger partial charge in [0.15, 0.2) is 0 Å². The molecule has 1 aromatic carbocycles. The Morgan fingerprint density at radius 3 is 2.29 bits per heavy atom. The Hall–Kier alpha value is -0.540. The van der Waals surface area contributed by atoms with Crippen molar-refractivity contribution >= 4 is 28.3 Å². The second-order valence-electron chi connectivity index (χ2n) is 6.32. The molecule has 21 heavy (non-hydrogen) atoms. The van der Waals surface area contributed by atoms with Gasteiger partial charge in [-0.05, 0) is 37.2 Å². The van der Waals surface area contributed by atoms with Gasteiger partial charge in [0.05, 0.1) is 0 Å². The quantitative estimate of drug-likeness (QED) is 0.688. The van der Waals surface area contributed by atoms with Crippen molar-refractivity contribution in [1.29, 1.82) is 0 Å². The summed E-state index contributed by atoms with van der Waals surface area (Å²) in [7, 11) is 0. The lowest BCUT2D eigenvalue weighted by molar-refractivity contribution is 0.321. The summed E-state index contributed by atoms with van der Waals surface area (Å²) < 4.78 is 1.16. The molecular weight excluding hydrogens is 294 g/mol. The minimum Gasteiger partial charge on any atom is -0.357 e. The van der Waals surface area contributed by atoms with E-state index in [2.05, 4.69) is 35.2 Å². The molecule has 0 radical (unpaired) electrons. The summed E-state index contributed by atoms with van der Waals surface area (Å²) in [6.07, 6.45) is 9.44. The van der Waals surface area contributed by atoms with Gasteiger partial charge in [0.25, 0.3) is 0 Å². The van der Waals surface area contributed by atoms with Gasteiger partial charge in [-0.3, -0.25) is 0 Å². The predicted molar refractivity (Wildman–Crippen MR) is 97.1 cm³/mol. The number of likely N-dealkylation sites (tertiary alicyclic amines) is 1. The van der Waals surface area contributed by atoms with E-state index in [-0.39, 0.29) is 0 Å². The number of rotatable bonds is 2. The van der Waals surface area contributed by atoms with Crippen LogP contribution in [-0.2, 0) is 0 Å². The van der Waals surface area contributed by atoms with E-state index in [1.54, 1.807) is 0 Å². The van der Waals surface area contributed by atoms with Crippen LogP contribution in [0.4, 0.5) is 0 Å². The highest BCUT2D eigenvalue weighted by Gasteiger charge is 2.24. The molecule has 1 heterocycles. The van der Waals surface area contributed by atoms with E-state index in [1.165, 1.54) is 50.5 Å². The zero-order chi connectivity index (χ0) is 14.5. The summed E-state index contributed by atoms with van der Waals surface area (Å²) >= 11 is 7.68. The fraction of sp³-hybridized carbons (Fsp3) is 0.611. The molecule has 114 valence electrons. The van der Waals surface area contributed by atoms with Gasteiger partial charge in [-0.15, -0.1) is 0 Å². The van der Waals surface area contributed by atoms with Gasteiger partial charge in [-0.2, -0.15) is 0 Å². The van der Waals surface area contributed by atoms with E-state index in [4.69, 9.17) is 12.2 Å². The van der Waals surface area contributed by atoms with Crippen molar-refractivity contribution in [2.45, 2.75) is 56.1 Å². The van der Waals surface area contributed by atoms with Crippen molar-refractivity contribution in [3.63, 3.8) is 0 Å². The maximum absolute atomic E-state index is 5.70. The van der Waals surface area contributed by atoms with Crippen LogP contribution in [0.15, 0.2) is 30.3 Å². The van der Waals surface area contributed by atoms with Gasteiger partial charge in [-0.1, -0.05) is 73.6 Å². The van der Waals surface area contributed by atoms with Crippen molar-refractivity contribution in [2.24, 2.45) is 0 Å². The second-order valence-corrected chi connectivity index (χ2v) is 8.25. The Bertz CT molecular complexity index is 446. The molecule has 0 unspecified atom stereocenters. The third kappa shape index (κ3) is 4.23. The first-order chi connectivity index (χ1) is 10.3. The highest BCUT2D eigenvalue weighted by atomic mass is 32.2. The molecule has 2 aliphatic rings. The largest absolute Gasteiger partial charge is 0.357 e. The number of nitrogens with zero attached hydrogens (tertiary/aromatic N) is 1. The second kappa shape index (κ2) is 7.64. The van der Waals surface area contributed by atoms with Crippen LogP contribution in [0.5, 0.6) is 0 Å². The molecule has 0 atom stereocenters. The number of hydrogen-bond donors (Lipinski definition) is 0. The average Bonchev–Trinajstić information content (AvgIpc) is 2.57. The van der Waals surface area contributed by atoms with Crippen LogP contribution < -0.4 is 0 Å². The van der Waals surface area contributed by atoms with Gasteiger partial charge in [0.2, 0.25) is 0 Å². The summed E-state index contributed by atoms with van der Waals surface area (Å²) in [6, 6.07) is 11.0. The molecular formula is C18H25NS2. The molecule has 1 saturated carbocycles. The number of hydrogen-bond acceptors (Lipinski definition) is 2. The molecule has 1 aliphatic heterocycles. The highest BCUT2D eigenvalue weighted by molar-refractivity contribution is 8.23. The zero-order valence-corrected chi connectivity index (χ0v) is 14.3. The minimum atomic E-state index is 0.727. The normalized spacial score (nSPS) is 21.4. The van der Waals surface area contributed by atoms with Gasteiger partial charge in [0, 0.05) is 18.3 Å². The molecule has 1 saturated heterocycles. The fourth-order valence-electron chi connectivity index (χ4n) is 3.52. The lowest BCUT2D eigenvalue weighted by Gasteiger charge is -2.35. The Morgan fingerprint density at radius 1 is 0.952 bits per heavy atom. The Kier molecular flexibility index (Phi) is 5.59. The van der Waals surface area contributed by atoms with E-state index in [9.17, 15) is 0 Å². The van der Waals surface area contributed by atoms with E-state index >= 15 is 0 Å². The van der Waals surface area contributed by atoms with Crippen molar-refractivity contribution in [2.75, 3.05) is 13.1 Å². The topological polar surface area (TPSA) is 3.24 Å². The van der Waals surface area contributed by atoms with Crippen LogP contribution in [-0.4, -0.2) is 27.6 Å². The van der Waals surface area contributed by atoms with Crippen molar-refractivity contribution in [1.82, 2.24) is 4.90 Å². The summed E-state index contributed by atoms with van der Waals surface area (Å²) in [6.45, 7) is 2.27. The van der Waals surface area contributed by atoms with Crippen molar-refractivity contribution in [3.05, 3.63) is 35.9 Å². The van der Waals surface area contributed by atoms with Gasteiger partial charge >= 0.3 is 0 Å². The first-order valence-corrected chi connectivity index (χ1v) is 9.62. The molecule has 0 N–H and O–H groups in total. The summed E-state index contributed by atoms with van der Waals surface area (Å²) in [5, 5.41) is 0.790. The molecule has 0 spiro atoms. The third-order valence-electron chi connectivity index (χ3n) is 4.84. The Labute approximate surface area is 138 Å². The van der Waals surface area contributed by atoms with Crippen LogP contribution in [0.1, 0.15) is 56.4 Å². The number of thioether (sulfide) groups is 1. The van der Waals surface area contributed by atoms with Crippen molar-refractivity contribution < 1.29 is 0 Å². The molecule has 3 rings (SSSR count). The minimum absolute atomic E-state index is 0.727. The van der Waals surface area contributed by atoms with Gasteiger partial charge in [-0.25, -0.2) is 0 Å². The summed E-state index contributed by atoms with van der Waals surface area (Å²) in [4.78, 5) is 2.45. The maximum atomic E-state index is 5.70. The predicted octanol–water partition coefficient (Wildman–Crippen LogP) is 5.22. The zero-order valence-electron chi connectivity index (χ0n) is 12.7. The molecule has 0 aromatic heterocycles. The Morgan fingerprint density at radius 2 is 1.62 bits per heavy atom. The van der Waals surface area contributed by atoms with Crippen LogP contribution >= 0.6 is 24.0 Å².